The van der Waals surface area contributed by atoms with Gasteiger partial charge in [-0.05, 0) is 64.8 Å². The van der Waals surface area contributed by atoms with Crippen molar-refractivity contribution < 1.29 is 0 Å². The molecule has 1 N–H and O–H groups in total. The molecule has 3 aliphatic heterocycles. The van der Waals surface area contributed by atoms with Gasteiger partial charge in [0, 0.05) is 18.6 Å². The predicted molar refractivity (Wildman–Crippen MR) is 71.3 cm³/mol. The van der Waals surface area contributed by atoms with E-state index in [0.717, 1.165) is 12.1 Å². The van der Waals surface area contributed by atoms with Gasteiger partial charge in [0.1, 0.15) is 0 Å². The Balaban J connectivity index is 1.46. The molecule has 3 rings (SSSR count). The second-order valence-electron chi connectivity index (χ2n) is 6.01. The summed E-state index contributed by atoms with van der Waals surface area (Å²) in [7, 11) is 0. The maximum absolute atomic E-state index is 3.49. The van der Waals surface area contributed by atoms with Crippen molar-refractivity contribution in [3.05, 3.63) is 0 Å². The van der Waals surface area contributed by atoms with E-state index in [1.807, 2.05) is 0 Å². The van der Waals surface area contributed by atoms with E-state index in [-0.39, 0.29) is 0 Å². The smallest absolute Gasteiger partial charge is 0.0232 e. The molecule has 0 bridgehead atoms. The molecule has 3 heterocycles. The third-order valence-electron chi connectivity index (χ3n) is 4.96. The summed E-state index contributed by atoms with van der Waals surface area (Å²) in [6.45, 7) is 7.89. The zero-order valence-corrected chi connectivity index (χ0v) is 11.0. The maximum Gasteiger partial charge on any atom is 0.0232 e. The van der Waals surface area contributed by atoms with Crippen LogP contribution in [0.5, 0.6) is 0 Å². The summed E-state index contributed by atoms with van der Waals surface area (Å²) < 4.78 is 0. The Kier molecular flexibility index (Phi) is 3.99. The van der Waals surface area contributed by atoms with Crippen molar-refractivity contribution in [3.8, 4) is 0 Å². The topological polar surface area (TPSA) is 18.5 Å². The van der Waals surface area contributed by atoms with Crippen molar-refractivity contribution in [2.75, 3.05) is 39.3 Å². The van der Waals surface area contributed by atoms with Crippen LogP contribution >= 0.6 is 0 Å². The van der Waals surface area contributed by atoms with Crippen LogP contribution in [0, 0.1) is 0 Å². The number of likely N-dealkylation sites (tertiary alicyclic amines) is 2. The molecule has 0 radical (unpaired) electrons. The fourth-order valence-corrected chi connectivity index (χ4v) is 3.85. The van der Waals surface area contributed by atoms with Gasteiger partial charge in [0.25, 0.3) is 0 Å². The highest BCUT2D eigenvalue weighted by molar-refractivity contribution is 4.87. The number of hydrogen-bond donors (Lipinski definition) is 1. The molecule has 3 nitrogen and oxygen atoms in total. The van der Waals surface area contributed by atoms with Gasteiger partial charge in [-0.25, -0.2) is 0 Å². The number of hydrogen-bond acceptors (Lipinski definition) is 3. The summed E-state index contributed by atoms with van der Waals surface area (Å²) in [6, 6.07) is 1.75. The minimum atomic E-state index is 0.845. The SMILES string of the molecule is C1CCN(C2CCN(C3CCNC3)CC2)CC1. The van der Waals surface area contributed by atoms with Gasteiger partial charge in [0.15, 0.2) is 0 Å². The molecule has 0 spiro atoms. The molecule has 3 aliphatic rings. The fraction of sp³-hybridized carbons (Fsp3) is 1.00. The molecule has 0 aromatic rings. The first-order valence-electron chi connectivity index (χ1n) is 7.62. The molecular formula is C14H27N3. The van der Waals surface area contributed by atoms with Gasteiger partial charge >= 0.3 is 0 Å². The molecule has 0 saturated carbocycles. The third kappa shape index (κ3) is 2.83. The van der Waals surface area contributed by atoms with Crippen LogP contribution in [0.2, 0.25) is 0 Å². The van der Waals surface area contributed by atoms with Crippen molar-refractivity contribution in [3.63, 3.8) is 0 Å². The molecule has 0 aliphatic carbocycles. The van der Waals surface area contributed by atoms with Crippen LogP contribution in [0.4, 0.5) is 0 Å². The minimum Gasteiger partial charge on any atom is -0.315 e. The van der Waals surface area contributed by atoms with Crippen molar-refractivity contribution in [1.29, 1.82) is 0 Å². The van der Waals surface area contributed by atoms with Crippen LogP contribution in [-0.2, 0) is 0 Å². The quantitative estimate of drug-likeness (QED) is 0.781. The van der Waals surface area contributed by atoms with Gasteiger partial charge in [0.05, 0.1) is 0 Å². The molecule has 17 heavy (non-hydrogen) atoms. The monoisotopic (exact) mass is 237 g/mol. The number of nitrogens with zero attached hydrogens (tertiary/aromatic N) is 2. The van der Waals surface area contributed by atoms with E-state index in [1.54, 1.807) is 0 Å². The first kappa shape index (κ1) is 11.9. The third-order valence-corrected chi connectivity index (χ3v) is 4.96. The minimum absolute atomic E-state index is 0.845. The normalized spacial score (nSPS) is 34.2. The van der Waals surface area contributed by atoms with Crippen molar-refractivity contribution in [2.45, 2.75) is 50.6 Å². The van der Waals surface area contributed by atoms with E-state index >= 15 is 0 Å². The predicted octanol–water partition coefficient (Wildman–Crippen LogP) is 1.30. The number of piperidine rings is 2. The highest BCUT2D eigenvalue weighted by Gasteiger charge is 2.29. The first-order chi connectivity index (χ1) is 8.43. The number of rotatable bonds is 2. The van der Waals surface area contributed by atoms with E-state index in [1.165, 1.54) is 77.8 Å². The van der Waals surface area contributed by atoms with Crippen LogP contribution < -0.4 is 5.32 Å². The maximum atomic E-state index is 3.49. The van der Waals surface area contributed by atoms with E-state index < -0.39 is 0 Å². The van der Waals surface area contributed by atoms with Crippen molar-refractivity contribution in [1.82, 2.24) is 15.1 Å². The van der Waals surface area contributed by atoms with E-state index in [4.69, 9.17) is 0 Å². The highest BCUT2D eigenvalue weighted by atomic mass is 15.2. The van der Waals surface area contributed by atoms with Crippen LogP contribution in [0.25, 0.3) is 0 Å². The Hall–Kier alpha value is -0.120. The zero-order valence-electron chi connectivity index (χ0n) is 11.0. The average Bonchev–Trinajstić information content (AvgIpc) is 2.94. The zero-order chi connectivity index (χ0) is 11.5. The average molecular weight is 237 g/mol. The van der Waals surface area contributed by atoms with Crippen molar-refractivity contribution >= 4 is 0 Å². The van der Waals surface area contributed by atoms with Gasteiger partial charge in [-0.3, -0.25) is 4.90 Å². The number of nitrogens with one attached hydrogen (secondary N) is 1. The fourth-order valence-electron chi connectivity index (χ4n) is 3.85. The van der Waals surface area contributed by atoms with E-state index in [0.29, 0.717) is 0 Å². The van der Waals surface area contributed by atoms with Crippen LogP contribution in [0.3, 0.4) is 0 Å². The summed E-state index contributed by atoms with van der Waals surface area (Å²) >= 11 is 0. The summed E-state index contributed by atoms with van der Waals surface area (Å²) in [5.41, 5.74) is 0. The molecule has 0 amide bonds. The molecule has 1 atom stereocenters. The van der Waals surface area contributed by atoms with Gasteiger partial charge in [-0.2, -0.15) is 0 Å². The molecule has 0 aromatic carbocycles. The van der Waals surface area contributed by atoms with E-state index in [9.17, 15) is 0 Å². The lowest BCUT2D eigenvalue weighted by Crippen LogP contribution is -2.49. The summed E-state index contributed by atoms with van der Waals surface area (Å²) in [5, 5.41) is 3.49. The summed E-state index contributed by atoms with van der Waals surface area (Å²) in [6.07, 6.45) is 8.53. The Morgan fingerprint density at radius 3 is 2.06 bits per heavy atom. The molecular weight excluding hydrogens is 210 g/mol. The molecule has 3 heteroatoms. The molecule has 98 valence electrons. The summed E-state index contributed by atoms with van der Waals surface area (Å²) in [4.78, 5) is 5.51. The standard InChI is InChI=1S/C14H27N3/c1-2-8-16(9-3-1)13-5-10-17(11-6-13)14-4-7-15-12-14/h13-15H,1-12H2. The lowest BCUT2D eigenvalue weighted by molar-refractivity contribution is 0.0762. The second-order valence-corrected chi connectivity index (χ2v) is 6.01. The first-order valence-corrected chi connectivity index (χ1v) is 7.62. The second kappa shape index (κ2) is 5.68. The van der Waals surface area contributed by atoms with Gasteiger partial charge < -0.3 is 10.2 Å². The van der Waals surface area contributed by atoms with Crippen LogP contribution in [0.1, 0.15) is 38.5 Å². The van der Waals surface area contributed by atoms with Gasteiger partial charge in [-0.1, -0.05) is 6.42 Å². The lowest BCUT2D eigenvalue weighted by Gasteiger charge is -2.41. The Morgan fingerprint density at radius 1 is 0.706 bits per heavy atom. The molecule has 1 unspecified atom stereocenters. The van der Waals surface area contributed by atoms with Crippen LogP contribution in [0.15, 0.2) is 0 Å². The Morgan fingerprint density at radius 2 is 1.41 bits per heavy atom. The highest BCUT2D eigenvalue weighted by Crippen LogP contribution is 2.23. The molecule has 3 fully saturated rings. The Labute approximate surface area is 106 Å². The van der Waals surface area contributed by atoms with Crippen molar-refractivity contribution in [2.24, 2.45) is 0 Å². The summed E-state index contributed by atoms with van der Waals surface area (Å²) in [5.74, 6) is 0. The lowest BCUT2D eigenvalue weighted by atomic mass is 9.98. The molecule has 3 saturated heterocycles. The Bertz CT molecular complexity index is 224. The molecule has 0 aromatic heterocycles. The van der Waals surface area contributed by atoms with Gasteiger partial charge in [-0.15, -0.1) is 0 Å². The van der Waals surface area contributed by atoms with Gasteiger partial charge in [0.2, 0.25) is 0 Å². The van der Waals surface area contributed by atoms with E-state index in [2.05, 4.69) is 15.1 Å². The largest absolute Gasteiger partial charge is 0.315 e. The van der Waals surface area contributed by atoms with Crippen LogP contribution in [-0.4, -0.2) is 61.2 Å².